The highest BCUT2D eigenvalue weighted by atomic mass is 35.5. The summed E-state index contributed by atoms with van der Waals surface area (Å²) in [7, 11) is 0. The molecule has 2 aromatic rings. The fourth-order valence-electron chi connectivity index (χ4n) is 4.25. The topological polar surface area (TPSA) is 42.0 Å². The Morgan fingerprint density at radius 3 is 1.35 bits per heavy atom. The summed E-state index contributed by atoms with van der Waals surface area (Å²) in [6.45, 7) is 16.3. The molecule has 0 radical (unpaired) electrons. The lowest BCUT2D eigenvalue weighted by atomic mass is 10.1. The van der Waals surface area contributed by atoms with E-state index in [1.807, 2.05) is 36.4 Å². The van der Waals surface area contributed by atoms with Gasteiger partial charge in [-0.2, -0.15) is 0 Å². The van der Waals surface area contributed by atoms with Crippen molar-refractivity contribution in [1.29, 1.82) is 0 Å². The van der Waals surface area contributed by atoms with Crippen LogP contribution < -0.4 is 9.47 Å². The quantitative estimate of drug-likeness (QED) is 0.250. The number of nitrogens with zero attached hydrogens (tertiary/aromatic N) is 2. The van der Waals surface area contributed by atoms with Gasteiger partial charge in [0.05, 0.1) is 13.2 Å². The number of benzene rings is 2. The lowest BCUT2D eigenvalue weighted by molar-refractivity contribution is 0.104. The fourth-order valence-corrected chi connectivity index (χ4v) is 4.25. The van der Waals surface area contributed by atoms with Crippen LogP contribution in [0.15, 0.2) is 36.4 Å². The first kappa shape index (κ1) is 30.2. The number of ketones is 1. The second-order valence-electron chi connectivity index (χ2n) is 8.20. The fraction of sp³-hybridized carbons (Fsp3) is 0.519. The Morgan fingerprint density at radius 1 is 0.618 bits per heavy atom. The molecular weight excluding hydrogens is 471 g/mol. The molecule has 0 bridgehead atoms. The minimum Gasteiger partial charge on any atom is -0.494 e. The van der Waals surface area contributed by atoms with Crippen molar-refractivity contribution in [3.8, 4) is 22.6 Å². The van der Waals surface area contributed by atoms with Gasteiger partial charge in [-0.05, 0) is 86.5 Å². The van der Waals surface area contributed by atoms with E-state index in [1.165, 1.54) is 0 Å². The maximum atomic E-state index is 13.1. The maximum Gasteiger partial charge on any atom is 0.194 e. The number of carbonyl (C=O) groups excluding carboxylic acids is 1. The summed E-state index contributed by atoms with van der Waals surface area (Å²) >= 11 is 0. The van der Waals surface area contributed by atoms with Crippen molar-refractivity contribution >= 4 is 30.6 Å². The molecule has 0 saturated heterocycles. The third-order valence-corrected chi connectivity index (χ3v) is 6.33. The monoisotopic (exact) mass is 510 g/mol. The summed E-state index contributed by atoms with van der Waals surface area (Å²) in [6.07, 6.45) is 1.95. The normalized spacial score (nSPS) is 11.6. The van der Waals surface area contributed by atoms with E-state index < -0.39 is 0 Å². The predicted molar refractivity (Wildman–Crippen MR) is 146 cm³/mol. The molecule has 0 saturated carbocycles. The van der Waals surface area contributed by atoms with Crippen molar-refractivity contribution < 1.29 is 14.3 Å². The highest BCUT2D eigenvalue weighted by molar-refractivity contribution is 6.22. The van der Waals surface area contributed by atoms with Gasteiger partial charge in [0.25, 0.3) is 0 Å². The van der Waals surface area contributed by atoms with Crippen LogP contribution in [-0.4, -0.2) is 68.1 Å². The number of hydrogen-bond acceptors (Lipinski definition) is 5. The third kappa shape index (κ3) is 7.61. The molecule has 190 valence electrons. The van der Waals surface area contributed by atoms with Crippen LogP contribution in [0.5, 0.6) is 11.5 Å². The minimum atomic E-state index is 0. The van der Waals surface area contributed by atoms with E-state index in [-0.39, 0.29) is 30.6 Å². The molecule has 0 fully saturated rings. The summed E-state index contributed by atoms with van der Waals surface area (Å²) in [6, 6.07) is 11.7. The van der Waals surface area contributed by atoms with E-state index in [1.54, 1.807) is 0 Å². The molecule has 0 unspecified atom stereocenters. The summed E-state index contributed by atoms with van der Waals surface area (Å²) in [5.74, 6) is 1.58. The van der Waals surface area contributed by atoms with E-state index in [0.29, 0.717) is 13.2 Å². The Labute approximate surface area is 217 Å². The van der Waals surface area contributed by atoms with Crippen molar-refractivity contribution in [3.05, 3.63) is 47.5 Å². The van der Waals surface area contributed by atoms with E-state index in [4.69, 9.17) is 9.47 Å². The molecule has 1 aliphatic rings. The smallest absolute Gasteiger partial charge is 0.194 e. The Balaban J connectivity index is 0.00000289. The van der Waals surface area contributed by atoms with Gasteiger partial charge in [0, 0.05) is 24.2 Å². The molecular formula is C27H40Cl2N2O3. The molecule has 34 heavy (non-hydrogen) atoms. The lowest BCUT2D eigenvalue weighted by Gasteiger charge is -2.17. The first-order chi connectivity index (χ1) is 15.6. The van der Waals surface area contributed by atoms with Gasteiger partial charge in [-0.3, -0.25) is 4.79 Å². The van der Waals surface area contributed by atoms with E-state index >= 15 is 0 Å². The van der Waals surface area contributed by atoms with E-state index in [2.05, 4.69) is 37.5 Å². The molecule has 0 aromatic heterocycles. The van der Waals surface area contributed by atoms with Crippen LogP contribution >= 0.6 is 24.8 Å². The third-order valence-electron chi connectivity index (χ3n) is 6.33. The summed E-state index contributed by atoms with van der Waals surface area (Å²) < 4.78 is 11.9. The molecule has 7 heteroatoms. The first-order valence-corrected chi connectivity index (χ1v) is 12.1. The van der Waals surface area contributed by atoms with Gasteiger partial charge in [-0.25, -0.2) is 0 Å². The Kier molecular flexibility index (Phi) is 13.6. The van der Waals surface area contributed by atoms with Crippen molar-refractivity contribution in [2.45, 2.75) is 40.5 Å². The second kappa shape index (κ2) is 15.3. The van der Waals surface area contributed by atoms with Gasteiger partial charge in [-0.1, -0.05) is 27.7 Å². The highest BCUT2D eigenvalue weighted by Gasteiger charge is 2.27. The molecule has 2 aromatic carbocycles. The zero-order valence-electron chi connectivity index (χ0n) is 21.0. The molecule has 0 spiro atoms. The SMILES string of the molecule is CCN(CC)CCCOc1ccc2c(c1)C(=O)c1cc(OCCCN(CC)CC)ccc1-2.Cl.Cl. The van der Waals surface area contributed by atoms with E-state index in [9.17, 15) is 4.79 Å². The van der Waals surface area contributed by atoms with Gasteiger partial charge in [0.2, 0.25) is 0 Å². The molecule has 5 nitrogen and oxygen atoms in total. The Bertz CT molecular complexity index is 828. The molecule has 0 aliphatic heterocycles. The summed E-state index contributed by atoms with van der Waals surface area (Å²) in [5, 5.41) is 0. The van der Waals surface area contributed by atoms with Gasteiger partial charge in [-0.15, -0.1) is 24.8 Å². The zero-order chi connectivity index (χ0) is 22.9. The summed E-state index contributed by atoms with van der Waals surface area (Å²) in [5.41, 5.74) is 3.40. The molecule has 1 aliphatic carbocycles. The number of fused-ring (bicyclic) bond motifs is 3. The van der Waals surface area contributed by atoms with Crippen LogP contribution in [0, 0.1) is 0 Å². The van der Waals surface area contributed by atoms with Crippen LogP contribution in [0.25, 0.3) is 11.1 Å². The minimum absolute atomic E-state index is 0. The second-order valence-corrected chi connectivity index (χ2v) is 8.20. The largest absolute Gasteiger partial charge is 0.494 e. The van der Waals surface area contributed by atoms with Crippen LogP contribution in [-0.2, 0) is 0 Å². The van der Waals surface area contributed by atoms with Crippen LogP contribution in [0.1, 0.15) is 56.5 Å². The number of halogens is 2. The summed E-state index contributed by atoms with van der Waals surface area (Å²) in [4.78, 5) is 17.8. The van der Waals surface area contributed by atoms with Gasteiger partial charge >= 0.3 is 0 Å². The van der Waals surface area contributed by atoms with Crippen LogP contribution in [0.2, 0.25) is 0 Å². The van der Waals surface area contributed by atoms with Crippen molar-refractivity contribution in [1.82, 2.24) is 9.80 Å². The number of hydrogen-bond donors (Lipinski definition) is 0. The van der Waals surface area contributed by atoms with Gasteiger partial charge < -0.3 is 19.3 Å². The van der Waals surface area contributed by atoms with Crippen molar-refractivity contribution in [3.63, 3.8) is 0 Å². The number of rotatable bonds is 14. The van der Waals surface area contributed by atoms with Crippen molar-refractivity contribution in [2.75, 3.05) is 52.5 Å². The molecule has 0 N–H and O–H groups in total. The van der Waals surface area contributed by atoms with E-state index in [0.717, 1.165) is 85.9 Å². The predicted octanol–water partition coefficient (Wildman–Crippen LogP) is 5.96. The first-order valence-electron chi connectivity index (χ1n) is 12.1. The average Bonchev–Trinajstić information content (AvgIpc) is 3.10. The maximum absolute atomic E-state index is 13.1. The number of ether oxygens (including phenoxy) is 2. The molecule has 0 atom stereocenters. The van der Waals surface area contributed by atoms with Gasteiger partial charge in [0.15, 0.2) is 5.78 Å². The number of carbonyl (C=O) groups is 1. The van der Waals surface area contributed by atoms with Crippen LogP contribution in [0.4, 0.5) is 0 Å². The Hall–Kier alpha value is -1.79. The van der Waals surface area contributed by atoms with Crippen molar-refractivity contribution in [2.24, 2.45) is 0 Å². The van der Waals surface area contributed by atoms with Crippen LogP contribution in [0.3, 0.4) is 0 Å². The average molecular weight is 512 g/mol. The van der Waals surface area contributed by atoms with Gasteiger partial charge in [0.1, 0.15) is 11.5 Å². The molecule has 0 amide bonds. The Morgan fingerprint density at radius 2 is 1.00 bits per heavy atom. The molecule has 3 rings (SSSR count). The lowest BCUT2D eigenvalue weighted by Crippen LogP contribution is -2.25. The highest BCUT2D eigenvalue weighted by Crippen LogP contribution is 2.39. The standard InChI is InChI=1S/C27H38N2O3.2ClH/c1-5-28(6-2)15-9-17-31-21-11-13-23-24-14-12-22(20-26(24)27(30)25(23)19-21)32-18-10-16-29(7-3)8-4;;/h11-14,19-20H,5-10,15-18H2,1-4H3;2*1H. The molecule has 0 heterocycles. The zero-order valence-corrected chi connectivity index (χ0v) is 22.6.